The molecule has 0 aromatic heterocycles. The maximum absolute atomic E-state index is 11.7. The van der Waals surface area contributed by atoms with Crippen LogP contribution in [0.3, 0.4) is 0 Å². The highest BCUT2D eigenvalue weighted by molar-refractivity contribution is 8.00. The second-order valence-corrected chi connectivity index (χ2v) is 5.18. The maximum atomic E-state index is 11.7. The van der Waals surface area contributed by atoms with Gasteiger partial charge in [-0.2, -0.15) is 0 Å². The number of hydrogen-bond acceptors (Lipinski definition) is 2. The molecule has 0 saturated carbocycles. The Morgan fingerprint density at radius 1 is 1.35 bits per heavy atom. The Balaban J connectivity index is 1.74. The summed E-state index contributed by atoms with van der Waals surface area (Å²) in [5.41, 5.74) is 0. The van der Waals surface area contributed by atoms with E-state index in [0.717, 1.165) is 17.7 Å². The number of carbonyl (C=O) groups excluding carboxylic acids is 1. The molecule has 0 bridgehead atoms. The number of carbonyl (C=O) groups is 1. The molecule has 1 atom stereocenters. The summed E-state index contributed by atoms with van der Waals surface area (Å²) in [7, 11) is 0. The quantitative estimate of drug-likeness (QED) is 0.654. The molecule has 1 aromatic rings. The fourth-order valence-electron chi connectivity index (χ4n) is 1.85. The van der Waals surface area contributed by atoms with Gasteiger partial charge in [0.25, 0.3) is 0 Å². The lowest BCUT2D eigenvalue weighted by molar-refractivity contribution is -0.119. The van der Waals surface area contributed by atoms with Crippen LogP contribution in [0, 0.1) is 0 Å². The Labute approximate surface area is 106 Å². The molecule has 2 nitrogen and oxygen atoms in total. The number of hydrogen-bond donors (Lipinski definition) is 1. The standard InChI is InChI=1S/C14H17NOS/c16-14(15-12-7-3-1-4-8-12)11-17-13-9-5-2-6-10-13/h2-3,5-7,9-10,12H,1,4,8,11H2,(H,15,16). The van der Waals surface area contributed by atoms with Crippen molar-refractivity contribution in [2.24, 2.45) is 0 Å². The van der Waals surface area contributed by atoms with E-state index >= 15 is 0 Å². The van der Waals surface area contributed by atoms with Gasteiger partial charge in [0.2, 0.25) is 5.91 Å². The lowest BCUT2D eigenvalue weighted by Gasteiger charge is -2.17. The summed E-state index contributed by atoms with van der Waals surface area (Å²) in [5.74, 6) is 0.615. The van der Waals surface area contributed by atoms with Crippen LogP contribution in [0.15, 0.2) is 47.4 Å². The second kappa shape index (κ2) is 6.50. The third-order valence-corrected chi connectivity index (χ3v) is 3.73. The van der Waals surface area contributed by atoms with Gasteiger partial charge in [0.15, 0.2) is 0 Å². The van der Waals surface area contributed by atoms with Crippen molar-refractivity contribution in [3.05, 3.63) is 42.5 Å². The number of thioether (sulfide) groups is 1. The highest BCUT2D eigenvalue weighted by atomic mass is 32.2. The molecule has 2 rings (SSSR count). The average molecular weight is 247 g/mol. The topological polar surface area (TPSA) is 29.1 Å². The lowest BCUT2D eigenvalue weighted by atomic mass is 10.0. The van der Waals surface area contributed by atoms with Gasteiger partial charge < -0.3 is 5.32 Å². The van der Waals surface area contributed by atoms with Crippen LogP contribution < -0.4 is 5.32 Å². The van der Waals surface area contributed by atoms with E-state index in [1.165, 1.54) is 6.42 Å². The first-order valence-electron chi connectivity index (χ1n) is 5.98. The average Bonchev–Trinajstić information content (AvgIpc) is 2.39. The van der Waals surface area contributed by atoms with E-state index in [4.69, 9.17) is 0 Å². The summed E-state index contributed by atoms with van der Waals surface area (Å²) >= 11 is 1.58. The molecule has 1 aliphatic carbocycles. The van der Waals surface area contributed by atoms with Crippen LogP contribution in [0.4, 0.5) is 0 Å². The van der Waals surface area contributed by atoms with Gasteiger partial charge >= 0.3 is 0 Å². The third-order valence-electron chi connectivity index (χ3n) is 2.71. The first-order chi connectivity index (χ1) is 8.34. The zero-order chi connectivity index (χ0) is 11.9. The van der Waals surface area contributed by atoms with Crippen molar-refractivity contribution in [1.29, 1.82) is 0 Å². The van der Waals surface area contributed by atoms with E-state index in [1.54, 1.807) is 11.8 Å². The normalized spacial score (nSPS) is 18.9. The van der Waals surface area contributed by atoms with E-state index in [0.29, 0.717) is 5.75 Å². The summed E-state index contributed by atoms with van der Waals surface area (Å²) in [6, 6.07) is 10.3. The number of rotatable bonds is 4. The first-order valence-corrected chi connectivity index (χ1v) is 6.97. The Morgan fingerprint density at radius 3 is 2.88 bits per heavy atom. The fraction of sp³-hybridized carbons (Fsp3) is 0.357. The van der Waals surface area contributed by atoms with Crippen LogP contribution >= 0.6 is 11.8 Å². The van der Waals surface area contributed by atoms with Crippen molar-refractivity contribution in [3.8, 4) is 0 Å². The molecule has 90 valence electrons. The van der Waals surface area contributed by atoms with Crippen LogP contribution in [-0.2, 0) is 4.79 Å². The van der Waals surface area contributed by atoms with Crippen molar-refractivity contribution < 1.29 is 4.79 Å². The molecule has 1 aromatic carbocycles. The molecule has 17 heavy (non-hydrogen) atoms. The van der Waals surface area contributed by atoms with Crippen molar-refractivity contribution >= 4 is 17.7 Å². The molecule has 1 unspecified atom stereocenters. The highest BCUT2D eigenvalue weighted by Crippen LogP contribution is 2.17. The molecule has 0 saturated heterocycles. The summed E-state index contributed by atoms with van der Waals surface area (Å²) in [6.45, 7) is 0. The van der Waals surface area contributed by atoms with Gasteiger partial charge in [-0.15, -0.1) is 11.8 Å². The molecule has 0 spiro atoms. The number of amides is 1. The zero-order valence-electron chi connectivity index (χ0n) is 9.76. The Bertz CT molecular complexity index is 388. The van der Waals surface area contributed by atoms with Crippen LogP contribution in [-0.4, -0.2) is 17.7 Å². The Hall–Kier alpha value is -1.22. The molecule has 0 radical (unpaired) electrons. The minimum Gasteiger partial charge on any atom is -0.349 e. The summed E-state index contributed by atoms with van der Waals surface area (Å²) in [6.07, 6.45) is 7.64. The largest absolute Gasteiger partial charge is 0.349 e. The predicted molar refractivity (Wildman–Crippen MR) is 72.1 cm³/mol. The highest BCUT2D eigenvalue weighted by Gasteiger charge is 2.11. The van der Waals surface area contributed by atoms with Gasteiger partial charge in [0.1, 0.15) is 0 Å². The van der Waals surface area contributed by atoms with Crippen molar-refractivity contribution in [2.45, 2.75) is 30.2 Å². The van der Waals surface area contributed by atoms with E-state index in [1.807, 2.05) is 30.3 Å². The van der Waals surface area contributed by atoms with Crippen LogP contribution in [0.25, 0.3) is 0 Å². The third kappa shape index (κ3) is 4.27. The number of allylic oxidation sites excluding steroid dienone is 1. The molecular weight excluding hydrogens is 230 g/mol. The van der Waals surface area contributed by atoms with Crippen LogP contribution in [0.2, 0.25) is 0 Å². The van der Waals surface area contributed by atoms with Crippen molar-refractivity contribution in [1.82, 2.24) is 5.32 Å². The molecule has 1 amide bonds. The Kier molecular flexibility index (Phi) is 4.68. The molecule has 1 N–H and O–H groups in total. The maximum Gasteiger partial charge on any atom is 0.230 e. The van der Waals surface area contributed by atoms with E-state index in [9.17, 15) is 4.79 Å². The summed E-state index contributed by atoms with van der Waals surface area (Å²) < 4.78 is 0. The van der Waals surface area contributed by atoms with E-state index < -0.39 is 0 Å². The van der Waals surface area contributed by atoms with Gasteiger partial charge in [0, 0.05) is 10.9 Å². The monoisotopic (exact) mass is 247 g/mol. The smallest absolute Gasteiger partial charge is 0.230 e. The minimum atomic E-state index is 0.121. The molecular formula is C14H17NOS. The minimum absolute atomic E-state index is 0.121. The van der Waals surface area contributed by atoms with Gasteiger partial charge in [-0.25, -0.2) is 0 Å². The van der Waals surface area contributed by atoms with Gasteiger partial charge in [-0.3, -0.25) is 4.79 Å². The van der Waals surface area contributed by atoms with Gasteiger partial charge in [-0.05, 0) is 31.4 Å². The number of benzene rings is 1. The molecule has 0 heterocycles. The molecule has 1 aliphatic rings. The molecule has 0 fully saturated rings. The second-order valence-electron chi connectivity index (χ2n) is 4.13. The molecule has 3 heteroatoms. The molecule has 0 aliphatic heterocycles. The summed E-state index contributed by atoms with van der Waals surface area (Å²) in [4.78, 5) is 12.9. The number of nitrogens with one attached hydrogen (secondary N) is 1. The Morgan fingerprint density at radius 2 is 2.18 bits per heavy atom. The fourth-order valence-corrected chi connectivity index (χ4v) is 2.58. The van der Waals surface area contributed by atoms with Gasteiger partial charge in [-0.1, -0.05) is 30.4 Å². The van der Waals surface area contributed by atoms with Crippen LogP contribution in [0.5, 0.6) is 0 Å². The van der Waals surface area contributed by atoms with Crippen molar-refractivity contribution in [3.63, 3.8) is 0 Å². The van der Waals surface area contributed by atoms with Gasteiger partial charge in [0.05, 0.1) is 5.75 Å². The van der Waals surface area contributed by atoms with Crippen LogP contribution in [0.1, 0.15) is 19.3 Å². The summed E-state index contributed by atoms with van der Waals surface area (Å²) in [5, 5.41) is 3.04. The predicted octanol–water partition coefficient (Wildman–Crippen LogP) is 3.00. The lowest BCUT2D eigenvalue weighted by Crippen LogP contribution is -2.35. The SMILES string of the molecule is O=C(CSc1ccccc1)NC1C=CCCC1. The first kappa shape index (κ1) is 12.2. The van der Waals surface area contributed by atoms with E-state index in [-0.39, 0.29) is 11.9 Å². The van der Waals surface area contributed by atoms with Crippen molar-refractivity contribution in [2.75, 3.05) is 5.75 Å². The van der Waals surface area contributed by atoms with E-state index in [2.05, 4.69) is 17.5 Å². The zero-order valence-corrected chi connectivity index (χ0v) is 10.6.